The molecule has 3 nitrogen and oxygen atoms in total. The Balaban J connectivity index is 2.59. The number of likely N-dealkylation sites (N-methyl/N-ethyl adjacent to an activating group) is 3. The summed E-state index contributed by atoms with van der Waals surface area (Å²) in [6.07, 6.45) is 0. The highest BCUT2D eigenvalue weighted by Gasteiger charge is 2.19. The molecule has 1 rings (SSSR count). The van der Waals surface area contributed by atoms with E-state index in [9.17, 15) is 0 Å². The van der Waals surface area contributed by atoms with Crippen molar-refractivity contribution in [2.45, 2.75) is 25.9 Å². The van der Waals surface area contributed by atoms with Crippen molar-refractivity contribution in [3.05, 3.63) is 0 Å². The smallest absolute Gasteiger partial charge is 0.0192 e. The zero-order valence-corrected chi connectivity index (χ0v) is 10.3. The molecule has 0 bridgehead atoms. The standard InChI is InChI=1S/C11H25N3/c1-10-8-12(3)9-11(2)14(5)7-6-13(10)4/h10-11H,6-9H2,1-5H3/t10-,11-/m0/s1. The zero-order valence-electron chi connectivity index (χ0n) is 10.3. The summed E-state index contributed by atoms with van der Waals surface area (Å²) in [6, 6.07) is 1.33. The van der Waals surface area contributed by atoms with E-state index in [-0.39, 0.29) is 0 Å². The molecular weight excluding hydrogens is 174 g/mol. The number of nitrogens with zero attached hydrogens (tertiary/aromatic N) is 3. The molecule has 3 heteroatoms. The van der Waals surface area contributed by atoms with E-state index in [1.807, 2.05) is 0 Å². The Kier molecular flexibility index (Phi) is 4.35. The number of rotatable bonds is 0. The van der Waals surface area contributed by atoms with Gasteiger partial charge >= 0.3 is 0 Å². The lowest BCUT2D eigenvalue weighted by Gasteiger charge is -2.27. The molecule has 0 spiro atoms. The maximum atomic E-state index is 2.45. The van der Waals surface area contributed by atoms with Crippen LogP contribution >= 0.6 is 0 Å². The van der Waals surface area contributed by atoms with E-state index in [1.165, 1.54) is 26.2 Å². The molecule has 0 amide bonds. The maximum absolute atomic E-state index is 2.45. The molecular formula is C11H25N3. The molecule has 1 aliphatic heterocycles. The minimum Gasteiger partial charge on any atom is -0.303 e. The Morgan fingerprint density at radius 2 is 1.14 bits per heavy atom. The first-order valence-electron chi connectivity index (χ1n) is 5.59. The first-order valence-corrected chi connectivity index (χ1v) is 5.59. The van der Waals surface area contributed by atoms with Gasteiger partial charge in [-0.2, -0.15) is 0 Å². The molecule has 0 N–H and O–H groups in total. The average Bonchev–Trinajstić information content (AvgIpc) is 2.14. The minimum absolute atomic E-state index is 0.665. The molecule has 1 saturated heterocycles. The second kappa shape index (κ2) is 5.10. The molecule has 0 radical (unpaired) electrons. The van der Waals surface area contributed by atoms with Gasteiger partial charge in [-0.1, -0.05) is 0 Å². The van der Waals surface area contributed by atoms with Crippen LogP contribution in [0.15, 0.2) is 0 Å². The van der Waals surface area contributed by atoms with Crippen molar-refractivity contribution >= 4 is 0 Å². The highest BCUT2D eigenvalue weighted by Crippen LogP contribution is 2.05. The van der Waals surface area contributed by atoms with Gasteiger partial charge in [-0.25, -0.2) is 0 Å². The molecule has 14 heavy (non-hydrogen) atoms. The van der Waals surface area contributed by atoms with Crippen molar-refractivity contribution in [2.75, 3.05) is 47.3 Å². The number of hydrogen-bond acceptors (Lipinski definition) is 3. The third kappa shape index (κ3) is 3.23. The molecule has 84 valence electrons. The van der Waals surface area contributed by atoms with Gasteiger partial charge < -0.3 is 14.7 Å². The fourth-order valence-corrected chi connectivity index (χ4v) is 2.01. The third-order valence-electron chi connectivity index (χ3n) is 3.46. The van der Waals surface area contributed by atoms with Crippen LogP contribution < -0.4 is 0 Å². The Bertz CT molecular complexity index is 154. The Morgan fingerprint density at radius 1 is 0.786 bits per heavy atom. The summed E-state index contributed by atoms with van der Waals surface area (Å²) < 4.78 is 0. The fourth-order valence-electron chi connectivity index (χ4n) is 2.01. The third-order valence-corrected chi connectivity index (χ3v) is 3.46. The van der Waals surface area contributed by atoms with Crippen LogP contribution in [0.3, 0.4) is 0 Å². The summed E-state index contributed by atoms with van der Waals surface area (Å²) >= 11 is 0. The second-order valence-electron chi connectivity index (χ2n) is 4.88. The van der Waals surface area contributed by atoms with Crippen molar-refractivity contribution in [3.63, 3.8) is 0 Å². The van der Waals surface area contributed by atoms with Gasteiger partial charge in [0.1, 0.15) is 0 Å². The normalized spacial score (nSPS) is 34.9. The van der Waals surface area contributed by atoms with Gasteiger partial charge in [0.15, 0.2) is 0 Å². The topological polar surface area (TPSA) is 9.72 Å². The summed E-state index contributed by atoms with van der Waals surface area (Å²) in [5, 5.41) is 0. The van der Waals surface area contributed by atoms with Crippen molar-refractivity contribution in [2.24, 2.45) is 0 Å². The molecule has 0 aliphatic carbocycles. The highest BCUT2D eigenvalue weighted by atomic mass is 15.3. The summed E-state index contributed by atoms with van der Waals surface area (Å²) in [6.45, 7) is 9.33. The lowest BCUT2D eigenvalue weighted by atomic mass is 10.2. The molecule has 0 aromatic rings. The number of hydrogen-bond donors (Lipinski definition) is 0. The van der Waals surface area contributed by atoms with Crippen LogP contribution in [0.5, 0.6) is 0 Å². The van der Waals surface area contributed by atoms with E-state index in [1.54, 1.807) is 0 Å². The molecule has 1 fully saturated rings. The average molecular weight is 199 g/mol. The molecule has 0 aromatic carbocycles. The van der Waals surface area contributed by atoms with Crippen molar-refractivity contribution in [1.29, 1.82) is 0 Å². The monoisotopic (exact) mass is 199 g/mol. The largest absolute Gasteiger partial charge is 0.303 e. The van der Waals surface area contributed by atoms with Gasteiger partial charge in [-0.15, -0.1) is 0 Å². The van der Waals surface area contributed by atoms with Crippen LogP contribution in [0.2, 0.25) is 0 Å². The van der Waals surface area contributed by atoms with Crippen molar-refractivity contribution in [1.82, 2.24) is 14.7 Å². The van der Waals surface area contributed by atoms with Gasteiger partial charge in [-0.05, 0) is 35.0 Å². The Morgan fingerprint density at radius 3 is 1.50 bits per heavy atom. The van der Waals surface area contributed by atoms with Crippen LogP contribution in [0.1, 0.15) is 13.8 Å². The zero-order chi connectivity index (χ0) is 10.7. The predicted octanol–water partition coefficient (Wildman–Crippen LogP) is 0.572. The summed E-state index contributed by atoms with van der Waals surface area (Å²) in [4.78, 5) is 7.34. The van der Waals surface area contributed by atoms with Gasteiger partial charge in [0.25, 0.3) is 0 Å². The predicted molar refractivity (Wildman–Crippen MR) is 61.7 cm³/mol. The lowest BCUT2D eigenvalue weighted by Crippen LogP contribution is -2.40. The Labute approximate surface area is 88.7 Å². The van der Waals surface area contributed by atoms with Crippen LogP contribution in [0.4, 0.5) is 0 Å². The maximum Gasteiger partial charge on any atom is 0.0192 e. The van der Waals surface area contributed by atoms with Crippen LogP contribution in [0, 0.1) is 0 Å². The van der Waals surface area contributed by atoms with Crippen molar-refractivity contribution < 1.29 is 0 Å². The SMILES string of the molecule is C[C@H]1CN(C)C[C@H](C)N(C)CCN1C. The molecule has 0 unspecified atom stereocenters. The van der Waals surface area contributed by atoms with E-state index in [0.29, 0.717) is 12.1 Å². The molecule has 1 heterocycles. The summed E-state index contributed by atoms with van der Waals surface area (Å²) in [5.74, 6) is 0. The molecule has 0 saturated carbocycles. The summed E-state index contributed by atoms with van der Waals surface area (Å²) in [7, 11) is 6.67. The Hall–Kier alpha value is -0.120. The lowest BCUT2D eigenvalue weighted by molar-refractivity contribution is 0.203. The first kappa shape index (κ1) is 12.0. The first-order chi connectivity index (χ1) is 6.50. The molecule has 0 aromatic heterocycles. The van der Waals surface area contributed by atoms with Gasteiger partial charge in [-0.3, -0.25) is 0 Å². The quantitative estimate of drug-likeness (QED) is 0.565. The van der Waals surface area contributed by atoms with Gasteiger partial charge in [0.05, 0.1) is 0 Å². The highest BCUT2D eigenvalue weighted by molar-refractivity contribution is 4.76. The minimum atomic E-state index is 0.665. The van der Waals surface area contributed by atoms with Gasteiger partial charge in [0.2, 0.25) is 0 Å². The van der Waals surface area contributed by atoms with E-state index < -0.39 is 0 Å². The van der Waals surface area contributed by atoms with E-state index >= 15 is 0 Å². The second-order valence-corrected chi connectivity index (χ2v) is 4.88. The van der Waals surface area contributed by atoms with Crippen molar-refractivity contribution in [3.8, 4) is 0 Å². The fraction of sp³-hybridized carbons (Fsp3) is 1.00. The van der Waals surface area contributed by atoms with Crippen LogP contribution in [-0.2, 0) is 0 Å². The molecule has 2 atom stereocenters. The van der Waals surface area contributed by atoms with E-state index in [0.717, 1.165) is 0 Å². The van der Waals surface area contributed by atoms with E-state index in [4.69, 9.17) is 0 Å². The molecule has 1 aliphatic rings. The van der Waals surface area contributed by atoms with Crippen LogP contribution in [0.25, 0.3) is 0 Å². The summed E-state index contributed by atoms with van der Waals surface area (Å²) in [5.41, 5.74) is 0. The van der Waals surface area contributed by atoms with Gasteiger partial charge in [0, 0.05) is 38.3 Å². The van der Waals surface area contributed by atoms with E-state index in [2.05, 4.69) is 49.7 Å². The van der Waals surface area contributed by atoms with Crippen LogP contribution in [-0.4, -0.2) is 74.1 Å².